The van der Waals surface area contributed by atoms with E-state index in [9.17, 15) is 9.59 Å². The number of thiazole rings is 1. The smallest absolute Gasteiger partial charge is 0.259 e. The van der Waals surface area contributed by atoms with Gasteiger partial charge in [-0.1, -0.05) is 24.3 Å². The number of hydrogen-bond donors (Lipinski definition) is 1. The van der Waals surface area contributed by atoms with Crippen molar-refractivity contribution in [3.05, 3.63) is 81.8 Å². The standard InChI is InChI=1S/C21H16N4O2S/c1-14(26)23-17-8-5-16(6-9-17)19-13-28-21-24-18(11-20(27)25(19)21)7-4-15-3-2-10-22-12-15/h2-13H,1H3,(H,23,26). The maximum atomic E-state index is 12.7. The first-order chi connectivity index (χ1) is 13.6. The van der Waals surface area contributed by atoms with Gasteiger partial charge in [0.25, 0.3) is 5.56 Å². The monoisotopic (exact) mass is 388 g/mol. The summed E-state index contributed by atoms with van der Waals surface area (Å²) >= 11 is 1.41. The number of carbonyl (C=O) groups excluding carboxylic acids is 1. The summed E-state index contributed by atoms with van der Waals surface area (Å²) in [7, 11) is 0. The second kappa shape index (κ2) is 7.58. The molecule has 0 spiro atoms. The summed E-state index contributed by atoms with van der Waals surface area (Å²) in [6.45, 7) is 1.46. The predicted octanol–water partition coefficient (Wildman–Crippen LogP) is 3.95. The third-order valence-corrected chi connectivity index (χ3v) is 4.88. The normalized spacial score (nSPS) is 11.2. The Labute approximate surface area is 164 Å². The Kier molecular flexibility index (Phi) is 4.82. The van der Waals surface area contributed by atoms with Gasteiger partial charge in [0.05, 0.1) is 11.4 Å². The minimum atomic E-state index is -0.141. The number of fused-ring (bicyclic) bond motifs is 1. The molecule has 138 valence electrons. The van der Waals surface area contributed by atoms with Gasteiger partial charge in [0, 0.05) is 36.5 Å². The lowest BCUT2D eigenvalue weighted by molar-refractivity contribution is -0.114. The van der Waals surface area contributed by atoms with Gasteiger partial charge < -0.3 is 5.32 Å². The summed E-state index contributed by atoms with van der Waals surface area (Å²) < 4.78 is 1.60. The third-order valence-electron chi connectivity index (χ3n) is 4.06. The Morgan fingerprint density at radius 3 is 2.71 bits per heavy atom. The van der Waals surface area contributed by atoms with E-state index in [1.54, 1.807) is 22.9 Å². The highest BCUT2D eigenvalue weighted by atomic mass is 32.1. The van der Waals surface area contributed by atoms with E-state index >= 15 is 0 Å². The number of amides is 1. The molecule has 0 aliphatic heterocycles. The van der Waals surface area contributed by atoms with Gasteiger partial charge in [-0.3, -0.25) is 19.0 Å². The summed E-state index contributed by atoms with van der Waals surface area (Å²) in [5.74, 6) is -0.124. The zero-order valence-electron chi connectivity index (χ0n) is 15.0. The van der Waals surface area contributed by atoms with Crippen LogP contribution in [0.15, 0.2) is 65.0 Å². The molecular weight excluding hydrogens is 372 g/mol. The zero-order chi connectivity index (χ0) is 19.5. The summed E-state index contributed by atoms with van der Waals surface area (Å²) in [4.78, 5) is 33.1. The van der Waals surface area contributed by atoms with Crippen molar-refractivity contribution in [1.82, 2.24) is 14.4 Å². The Morgan fingerprint density at radius 1 is 1.18 bits per heavy atom. The second-order valence-corrected chi connectivity index (χ2v) is 6.97. The van der Waals surface area contributed by atoms with Crippen molar-refractivity contribution in [2.45, 2.75) is 6.92 Å². The molecule has 0 saturated carbocycles. The molecule has 0 bridgehead atoms. The van der Waals surface area contributed by atoms with Crippen LogP contribution in [0, 0.1) is 0 Å². The van der Waals surface area contributed by atoms with Gasteiger partial charge in [-0.05, 0) is 35.4 Å². The van der Waals surface area contributed by atoms with Crippen molar-refractivity contribution in [3.63, 3.8) is 0 Å². The molecule has 1 amide bonds. The molecule has 0 fully saturated rings. The molecule has 4 aromatic rings. The molecule has 4 rings (SSSR count). The molecule has 28 heavy (non-hydrogen) atoms. The van der Waals surface area contributed by atoms with Gasteiger partial charge in [0.2, 0.25) is 5.91 Å². The van der Waals surface area contributed by atoms with Crippen LogP contribution < -0.4 is 10.9 Å². The lowest BCUT2D eigenvalue weighted by atomic mass is 10.1. The molecule has 6 nitrogen and oxygen atoms in total. The van der Waals surface area contributed by atoms with Gasteiger partial charge in [-0.15, -0.1) is 11.3 Å². The molecule has 0 unspecified atom stereocenters. The molecule has 0 radical (unpaired) electrons. The first-order valence-corrected chi connectivity index (χ1v) is 9.45. The highest BCUT2D eigenvalue weighted by Crippen LogP contribution is 2.25. The maximum Gasteiger partial charge on any atom is 0.259 e. The number of rotatable bonds is 4. The Hall–Kier alpha value is -3.58. The van der Waals surface area contributed by atoms with E-state index in [1.807, 2.05) is 47.9 Å². The van der Waals surface area contributed by atoms with Crippen LogP contribution in [0.1, 0.15) is 18.2 Å². The fraction of sp³-hybridized carbons (Fsp3) is 0.0476. The summed E-state index contributed by atoms with van der Waals surface area (Å²) in [5, 5.41) is 4.64. The highest BCUT2D eigenvalue weighted by Gasteiger charge is 2.10. The summed E-state index contributed by atoms with van der Waals surface area (Å²) in [5.41, 5.74) is 3.76. The van der Waals surface area contributed by atoms with Crippen LogP contribution in [0.3, 0.4) is 0 Å². The van der Waals surface area contributed by atoms with Crippen molar-refractivity contribution in [2.24, 2.45) is 0 Å². The van der Waals surface area contributed by atoms with Gasteiger partial charge >= 0.3 is 0 Å². The Bertz CT molecular complexity index is 1220. The molecule has 0 saturated heterocycles. The van der Waals surface area contributed by atoms with E-state index in [0.29, 0.717) is 16.3 Å². The van der Waals surface area contributed by atoms with E-state index in [-0.39, 0.29) is 11.5 Å². The van der Waals surface area contributed by atoms with Crippen LogP contribution in [0.4, 0.5) is 5.69 Å². The number of hydrogen-bond acceptors (Lipinski definition) is 5. The van der Waals surface area contributed by atoms with E-state index in [1.165, 1.54) is 24.3 Å². The first-order valence-electron chi connectivity index (χ1n) is 8.57. The molecule has 3 aromatic heterocycles. The lowest BCUT2D eigenvalue weighted by Crippen LogP contribution is -2.13. The fourth-order valence-electron chi connectivity index (χ4n) is 2.81. The van der Waals surface area contributed by atoms with Crippen LogP contribution in [0.25, 0.3) is 28.4 Å². The molecule has 3 heterocycles. The van der Waals surface area contributed by atoms with Crippen molar-refractivity contribution >= 4 is 40.0 Å². The van der Waals surface area contributed by atoms with Crippen LogP contribution in [0.5, 0.6) is 0 Å². The SMILES string of the molecule is CC(=O)Nc1ccc(-c2csc3nc(C=Cc4cccnc4)cc(=O)n23)cc1. The van der Waals surface area contributed by atoms with Gasteiger partial charge in [0.1, 0.15) is 0 Å². The van der Waals surface area contributed by atoms with Crippen LogP contribution >= 0.6 is 11.3 Å². The molecular formula is C21H16N4O2S. The second-order valence-electron chi connectivity index (χ2n) is 6.14. The highest BCUT2D eigenvalue weighted by molar-refractivity contribution is 7.15. The number of carbonyl (C=O) groups is 1. The van der Waals surface area contributed by atoms with Crippen LogP contribution in [-0.2, 0) is 4.79 Å². The predicted molar refractivity (Wildman–Crippen MR) is 112 cm³/mol. The molecule has 0 aliphatic rings. The van der Waals surface area contributed by atoms with Crippen molar-refractivity contribution in [3.8, 4) is 11.3 Å². The third kappa shape index (κ3) is 3.74. The molecule has 7 heteroatoms. The number of benzene rings is 1. The maximum absolute atomic E-state index is 12.7. The topological polar surface area (TPSA) is 76.4 Å². The van der Waals surface area contributed by atoms with Crippen molar-refractivity contribution < 1.29 is 4.79 Å². The average Bonchev–Trinajstić information content (AvgIpc) is 3.12. The number of anilines is 1. The number of nitrogens with one attached hydrogen (secondary N) is 1. The quantitative estimate of drug-likeness (QED) is 0.574. The molecule has 0 atom stereocenters. The number of pyridine rings is 1. The van der Waals surface area contributed by atoms with E-state index < -0.39 is 0 Å². The minimum absolute atomic E-state index is 0.124. The first kappa shape index (κ1) is 17.8. The molecule has 1 aromatic carbocycles. The van der Waals surface area contributed by atoms with Gasteiger partial charge in [-0.25, -0.2) is 4.98 Å². The van der Waals surface area contributed by atoms with E-state index in [0.717, 1.165) is 16.8 Å². The van der Waals surface area contributed by atoms with E-state index in [4.69, 9.17) is 0 Å². The molecule has 1 N–H and O–H groups in total. The molecule has 0 aliphatic carbocycles. The number of nitrogens with zero attached hydrogens (tertiary/aromatic N) is 3. The Balaban J connectivity index is 1.68. The van der Waals surface area contributed by atoms with Crippen molar-refractivity contribution in [2.75, 3.05) is 5.32 Å². The van der Waals surface area contributed by atoms with Crippen LogP contribution in [0.2, 0.25) is 0 Å². The minimum Gasteiger partial charge on any atom is -0.326 e. The van der Waals surface area contributed by atoms with Gasteiger partial charge in [0.15, 0.2) is 4.96 Å². The zero-order valence-corrected chi connectivity index (χ0v) is 15.8. The van der Waals surface area contributed by atoms with Crippen molar-refractivity contribution in [1.29, 1.82) is 0 Å². The van der Waals surface area contributed by atoms with Gasteiger partial charge in [-0.2, -0.15) is 0 Å². The largest absolute Gasteiger partial charge is 0.326 e. The summed E-state index contributed by atoms with van der Waals surface area (Å²) in [6, 6.07) is 12.7. The lowest BCUT2D eigenvalue weighted by Gasteiger charge is -2.05. The van der Waals surface area contributed by atoms with E-state index in [2.05, 4.69) is 15.3 Å². The van der Waals surface area contributed by atoms with Crippen LogP contribution in [-0.4, -0.2) is 20.3 Å². The average molecular weight is 388 g/mol. The fourth-order valence-corrected chi connectivity index (χ4v) is 3.72. The summed E-state index contributed by atoms with van der Waals surface area (Å²) in [6.07, 6.45) is 7.14. The number of aromatic nitrogens is 3. The Morgan fingerprint density at radius 2 is 2.00 bits per heavy atom.